The lowest BCUT2D eigenvalue weighted by Crippen LogP contribution is -2.13. The number of hydrogen-bond acceptors (Lipinski definition) is 0. The van der Waals surface area contributed by atoms with Gasteiger partial charge in [0.2, 0.25) is 0 Å². The summed E-state index contributed by atoms with van der Waals surface area (Å²) in [6.45, 7) is 2.26. The van der Waals surface area contributed by atoms with Crippen LogP contribution in [0.1, 0.15) is 88.2 Å². The van der Waals surface area contributed by atoms with Gasteiger partial charge < -0.3 is 0 Å². The third kappa shape index (κ3) is 7.66. The van der Waals surface area contributed by atoms with Gasteiger partial charge >= 0.3 is 6.18 Å². The average molecular weight is 352 g/mol. The quantitative estimate of drug-likeness (QED) is 0.417. The Morgan fingerprint density at radius 1 is 1.00 bits per heavy atom. The Labute approximate surface area is 150 Å². The van der Waals surface area contributed by atoms with Gasteiger partial charge in [0.15, 0.2) is 0 Å². The van der Waals surface area contributed by atoms with Crippen molar-refractivity contribution in [2.75, 3.05) is 0 Å². The fourth-order valence-corrected chi connectivity index (χ4v) is 3.81. The highest BCUT2D eigenvalue weighted by Crippen LogP contribution is 2.37. The second-order valence-electron chi connectivity index (χ2n) is 7.44. The minimum atomic E-state index is -4.07. The Hall–Kier alpha value is -1.25. The van der Waals surface area contributed by atoms with Gasteiger partial charge in [0.1, 0.15) is 0 Å². The maximum absolute atomic E-state index is 12.1. The lowest BCUT2D eigenvalue weighted by molar-refractivity contribution is -0.133. The first-order valence-electron chi connectivity index (χ1n) is 9.81. The van der Waals surface area contributed by atoms with E-state index in [1.807, 2.05) is 12.1 Å². The largest absolute Gasteiger partial charge is 0.389 e. The molecule has 2 rings (SSSR count). The van der Waals surface area contributed by atoms with Gasteiger partial charge in [-0.25, -0.2) is 0 Å². The number of allylic oxidation sites excluding steroid dienone is 1. The van der Waals surface area contributed by atoms with Crippen LogP contribution in [0.15, 0.2) is 30.3 Å². The molecule has 1 aliphatic rings. The van der Waals surface area contributed by atoms with Gasteiger partial charge in [-0.15, -0.1) is 0 Å². The molecule has 0 amide bonds. The zero-order valence-corrected chi connectivity index (χ0v) is 15.3. The van der Waals surface area contributed by atoms with Crippen molar-refractivity contribution < 1.29 is 13.2 Å². The Balaban J connectivity index is 1.76. The molecule has 0 N–H and O–H groups in total. The van der Waals surface area contributed by atoms with Crippen LogP contribution in [0, 0.1) is 5.92 Å². The van der Waals surface area contributed by atoms with Crippen molar-refractivity contribution in [1.29, 1.82) is 0 Å². The molecule has 1 aliphatic carbocycles. The summed E-state index contributed by atoms with van der Waals surface area (Å²) < 4.78 is 36.4. The van der Waals surface area contributed by atoms with E-state index in [-0.39, 0.29) is 6.42 Å². The van der Waals surface area contributed by atoms with Crippen LogP contribution in [0.25, 0.3) is 6.08 Å². The van der Waals surface area contributed by atoms with Crippen LogP contribution in [0.3, 0.4) is 0 Å². The van der Waals surface area contributed by atoms with E-state index in [9.17, 15) is 13.2 Å². The smallest absolute Gasteiger partial charge is 0.171 e. The number of alkyl halides is 3. The van der Waals surface area contributed by atoms with Crippen LogP contribution in [0.5, 0.6) is 0 Å². The Morgan fingerprint density at radius 2 is 1.68 bits per heavy atom. The second-order valence-corrected chi connectivity index (χ2v) is 7.44. The summed E-state index contributed by atoms with van der Waals surface area (Å²) >= 11 is 0. The SMILES string of the molecule is CCCCCC1CCC(c2ccc(/C=C/CCC(F)(F)F)cc2)CC1. The average Bonchev–Trinajstić information content (AvgIpc) is 2.59. The van der Waals surface area contributed by atoms with Gasteiger partial charge in [0, 0.05) is 6.42 Å². The lowest BCUT2D eigenvalue weighted by atomic mass is 9.77. The maximum atomic E-state index is 12.1. The molecule has 0 spiro atoms. The van der Waals surface area contributed by atoms with Crippen LogP contribution in [-0.4, -0.2) is 6.18 Å². The van der Waals surface area contributed by atoms with Crippen LogP contribution in [-0.2, 0) is 0 Å². The van der Waals surface area contributed by atoms with Gasteiger partial charge in [0.25, 0.3) is 0 Å². The molecule has 0 heterocycles. The third-order valence-electron chi connectivity index (χ3n) is 5.38. The predicted octanol–water partition coefficient (Wildman–Crippen LogP) is 7.90. The zero-order chi connectivity index (χ0) is 18.1. The van der Waals surface area contributed by atoms with Crippen molar-refractivity contribution in [3.05, 3.63) is 41.5 Å². The standard InChI is InChI=1S/C22H31F3/c1-2-3-4-7-18-9-13-20(14-10-18)21-15-11-19(12-16-21)8-5-6-17-22(23,24)25/h5,8,11-12,15-16,18,20H,2-4,6-7,9-10,13-14,17H2,1H3/b8-5+. The first-order chi connectivity index (χ1) is 12.0. The summed E-state index contributed by atoms with van der Waals surface area (Å²) in [5.74, 6) is 1.57. The van der Waals surface area contributed by atoms with E-state index in [1.54, 1.807) is 12.2 Å². The van der Waals surface area contributed by atoms with Crippen LogP contribution in [0.2, 0.25) is 0 Å². The number of hydrogen-bond donors (Lipinski definition) is 0. The van der Waals surface area contributed by atoms with Gasteiger partial charge in [-0.2, -0.15) is 13.2 Å². The molecule has 1 saturated carbocycles. The molecule has 0 bridgehead atoms. The lowest BCUT2D eigenvalue weighted by Gasteiger charge is -2.29. The monoisotopic (exact) mass is 352 g/mol. The van der Waals surface area contributed by atoms with E-state index in [4.69, 9.17) is 0 Å². The summed E-state index contributed by atoms with van der Waals surface area (Å²) in [7, 11) is 0. The molecule has 1 aromatic carbocycles. The molecule has 0 saturated heterocycles. The molecule has 0 nitrogen and oxygen atoms in total. The molecular weight excluding hydrogens is 321 g/mol. The van der Waals surface area contributed by atoms with Crippen LogP contribution < -0.4 is 0 Å². The topological polar surface area (TPSA) is 0 Å². The molecule has 0 radical (unpaired) electrons. The van der Waals surface area contributed by atoms with E-state index < -0.39 is 12.6 Å². The minimum absolute atomic E-state index is 0.0489. The first kappa shape index (κ1) is 20.1. The summed E-state index contributed by atoms with van der Waals surface area (Å²) in [5.41, 5.74) is 2.37. The third-order valence-corrected chi connectivity index (χ3v) is 5.38. The van der Waals surface area contributed by atoms with Crippen molar-refractivity contribution in [1.82, 2.24) is 0 Å². The summed E-state index contributed by atoms with van der Waals surface area (Å²) in [6, 6.07) is 8.39. The van der Waals surface area contributed by atoms with Crippen LogP contribution in [0.4, 0.5) is 13.2 Å². The van der Waals surface area contributed by atoms with E-state index in [1.165, 1.54) is 56.9 Å². The molecule has 140 valence electrons. The van der Waals surface area contributed by atoms with E-state index in [2.05, 4.69) is 19.1 Å². The number of halogens is 3. The highest BCUT2D eigenvalue weighted by atomic mass is 19.4. The van der Waals surface area contributed by atoms with E-state index in [0.717, 1.165) is 11.5 Å². The number of benzene rings is 1. The molecular formula is C22H31F3. The van der Waals surface area contributed by atoms with Gasteiger partial charge in [0.05, 0.1) is 0 Å². The van der Waals surface area contributed by atoms with Crippen molar-refractivity contribution in [3.63, 3.8) is 0 Å². The molecule has 1 fully saturated rings. The molecule has 0 atom stereocenters. The zero-order valence-electron chi connectivity index (χ0n) is 15.3. The molecule has 1 aromatic rings. The van der Waals surface area contributed by atoms with Crippen molar-refractivity contribution in [3.8, 4) is 0 Å². The Morgan fingerprint density at radius 3 is 2.28 bits per heavy atom. The first-order valence-corrected chi connectivity index (χ1v) is 9.81. The van der Waals surface area contributed by atoms with Gasteiger partial charge in [-0.1, -0.05) is 69.0 Å². The molecule has 0 unspecified atom stereocenters. The number of unbranched alkanes of at least 4 members (excludes halogenated alkanes) is 2. The summed E-state index contributed by atoms with van der Waals surface area (Å²) in [4.78, 5) is 0. The highest BCUT2D eigenvalue weighted by Gasteiger charge is 2.25. The Bertz CT molecular complexity index is 505. The van der Waals surface area contributed by atoms with Crippen molar-refractivity contribution in [2.45, 2.75) is 83.2 Å². The molecule has 25 heavy (non-hydrogen) atoms. The molecule has 3 heteroatoms. The van der Waals surface area contributed by atoms with Crippen molar-refractivity contribution in [2.24, 2.45) is 5.92 Å². The van der Waals surface area contributed by atoms with E-state index in [0.29, 0.717) is 5.92 Å². The van der Waals surface area contributed by atoms with Gasteiger partial charge in [-0.05, 0) is 55.1 Å². The predicted molar refractivity (Wildman–Crippen MR) is 99.6 cm³/mol. The Kier molecular flexibility index (Phi) is 8.05. The number of rotatable bonds is 8. The maximum Gasteiger partial charge on any atom is 0.389 e. The summed E-state index contributed by atoms with van der Waals surface area (Å²) in [6.07, 6.45) is 9.30. The normalized spacial score (nSPS) is 21.8. The van der Waals surface area contributed by atoms with Crippen LogP contribution >= 0.6 is 0 Å². The highest BCUT2D eigenvalue weighted by molar-refractivity contribution is 5.49. The second kappa shape index (κ2) is 10.0. The fourth-order valence-electron chi connectivity index (χ4n) is 3.81. The van der Waals surface area contributed by atoms with Gasteiger partial charge in [-0.3, -0.25) is 0 Å². The van der Waals surface area contributed by atoms with Crippen molar-refractivity contribution >= 4 is 6.08 Å². The molecule has 0 aromatic heterocycles. The summed E-state index contributed by atoms with van der Waals surface area (Å²) in [5, 5.41) is 0. The molecule has 0 aliphatic heterocycles. The fraction of sp³-hybridized carbons (Fsp3) is 0.636. The van der Waals surface area contributed by atoms with E-state index >= 15 is 0 Å². The minimum Gasteiger partial charge on any atom is -0.171 e.